The quantitative estimate of drug-likeness (QED) is 0.0321. The Morgan fingerprint density at radius 1 is 0.769 bits per heavy atom. The number of phenolic OH excluding ortho intramolecular Hbond substituents is 1. The van der Waals surface area contributed by atoms with Crippen molar-refractivity contribution in [2.45, 2.75) is 208 Å². The zero-order valence-electron chi connectivity index (χ0n) is 39.6. The van der Waals surface area contributed by atoms with Gasteiger partial charge in [-0.3, -0.25) is 24.1 Å². The van der Waals surface area contributed by atoms with Gasteiger partial charge in [0.15, 0.2) is 17.1 Å². The third-order valence-electron chi connectivity index (χ3n) is 17.5. The van der Waals surface area contributed by atoms with Gasteiger partial charge < -0.3 is 36.6 Å². The molecule has 1 aromatic carbocycles. The van der Waals surface area contributed by atoms with E-state index in [-0.39, 0.29) is 23.6 Å². The summed E-state index contributed by atoms with van der Waals surface area (Å²) in [5.41, 5.74) is 4.40. The molecule has 0 bridgehead atoms. The van der Waals surface area contributed by atoms with Crippen LogP contribution in [0.4, 0.5) is 5.69 Å². The topological polar surface area (TPSA) is 211 Å². The molecule has 362 valence electrons. The van der Waals surface area contributed by atoms with Crippen LogP contribution in [0.1, 0.15) is 189 Å². The number of amides is 2. The van der Waals surface area contributed by atoms with E-state index in [1.807, 2.05) is 0 Å². The molecule has 3 saturated carbocycles. The predicted molar refractivity (Wildman–Crippen MR) is 258 cm³/mol. The minimum atomic E-state index is -2.99. The Morgan fingerprint density at radius 2 is 1.26 bits per heavy atom. The van der Waals surface area contributed by atoms with Crippen molar-refractivity contribution in [1.29, 1.82) is 0 Å². The first kappa shape index (κ1) is 49.6. The number of rotatable bonds is 18. The summed E-state index contributed by atoms with van der Waals surface area (Å²) >= 11 is 0. The number of carbonyl (C=O) groups is 4. The number of likely N-dealkylation sites (N-methyl/N-ethyl adjacent to an activating group) is 1. The first-order valence-corrected chi connectivity index (χ1v) is 28.1. The van der Waals surface area contributed by atoms with Gasteiger partial charge in [0.05, 0.1) is 29.3 Å². The number of phenols is 1. The van der Waals surface area contributed by atoms with Crippen LogP contribution in [0.25, 0.3) is 0 Å². The van der Waals surface area contributed by atoms with E-state index in [2.05, 4.69) is 5.32 Å². The average molecular weight is 922 g/mol. The first-order chi connectivity index (χ1) is 31.2. The number of aliphatic hydroxyl groups is 4. The largest absolute Gasteiger partial charge is 0.510 e. The molecule has 6 aliphatic carbocycles. The molecule has 8 N–H and O–H groups in total. The van der Waals surface area contributed by atoms with Crippen LogP contribution < -0.4 is 11.1 Å². The summed E-state index contributed by atoms with van der Waals surface area (Å²) in [4.78, 5) is 54.7. The number of benzene rings is 1. The van der Waals surface area contributed by atoms with Gasteiger partial charge in [-0.15, -0.1) is 0 Å². The van der Waals surface area contributed by atoms with Gasteiger partial charge in [0.1, 0.15) is 17.1 Å². The summed E-state index contributed by atoms with van der Waals surface area (Å²) in [7, 11) is 1.60. The zero-order chi connectivity index (χ0) is 46.6. The molecule has 12 nitrogen and oxygen atoms in total. The van der Waals surface area contributed by atoms with Gasteiger partial charge in [-0.05, 0) is 31.6 Å². The number of Topliss-reactive ketones (excluding diaryl/α,β-unsaturated/α-hetero) is 2. The first-order valence-electron chi connectivity index (χ1n) is 25.7. The van der Waals surface area contributed by atoms with Crippen LogP contribution in [0.5, 0.6) is 5.75 Å². The molecule has 0 spiro atoms. The fourth-order valence-corrected chi connectivity index (χ4v) is 23.0. The smallest absolute Gasteiger partial charge is 0.255 e. The molecule has 6 atom stereocenters. The number of unbranched alkanes of at least 4 members (excludes halogenated alkanes) is 8. The third kappa shape index (κ3) is 9.46. The summed E-state index contributed by atoms with van der Waals surface area (Å²) < 4.78 is 0. The Hall–Kier alpha value is -3.31. The Morgan fingerprint density at radius 3 is 1.75 bits per heavy atom. The number of hydrogen-bond donors (Lipinski definition) is 7. The number of anilines is 1. The number of aromatic hydroxyl groups is 1. The fourth-order valence-electron chi connectivity index (χ4n) is 14.4. The third-order valence-corrected chi connectivity index (χ3v) is 25.0. The van der Waals surface area contributed by atoms with Gasteiger partial charge in [-0.25, -0.2) is 0 Å². The van der Waals surface area contributed by atoms with Crippen LogP contribution >= 0.6 is 7.26 Å². The summed E-state index contributed by atoms with van der Waals surface area (Å²) in [5.74, 6) is -9.89. The van der Waals surface area contributed by atoms with Crippen molar-refractivity contribution in [1.82, 2.24) is 4.90 Å². The molecule has 6 aliphatic rings. The number of carbonyl (C=O) groups excluding carboxylic acids is 4. The molecule has 0 unspecified atom stereocenters. The van der Waals surface area contributed by atoms with Crippen molar-refractivity contribution in [2.75, 3.05) is 25.6 Å². The minimum Gasteiger partial charge on any atom is -0.510 e. The molecule has 3 fully saturated rings. The molecule has 0 aromatic heterocycles. The second-order valence-electron chi connectivity index (χ2n) is 21.3. The summed E-state index contributed by atoms with van der Waals surface area (Å²) in [6.07, 6.45) is 33.2. The van der Waals surface area contributed by atoms with Crippen LogP contribution in [-0.2, 0) is 14.4 Å². The average Bonchev–Trinajstić information content (AvgIpc) is 3.29. The molecule has 0 saturated heterocycles. The Labute approximate surface area is 387 Å². The van der Waals surface area contributed by atoms with E-state index < -0.39 is 88.7 Å². The molecule has 0 aliphatic heterocycles. The molecule has 0 heterocycles. The van der Waals surface area contributed by atoms with E-state index in [4.69, 9.17) is 5.73 Å². The summed E-state index contributed by atoms with van der Waals surface area (Å²) in [5, 5.41) is 60.7. The van der Waals surface area contributed by atoms with Crippen LogP contribution in [-0.4, -0.2) is 109 Å². The summed E-state index contributed by atoms with van der Waals surface area (Å²) in [6, 6.07) is 1.75. The van der Waals surface area contributed by atoms with E-state index in [9.17, 15) is 44.7 Å². The van der Waals surface area contributed by atoms with Gasteiger partial charge in [0, 0.05) is 11.5 Å². The maximum Gasteiger partial charge on any atom is 0.255 e. The molecule has 0 radical (unpaired) electrons. The SMILES string of the molecule is C[C@H]1c2ccc(NC(=O)CCCCCCCCCCC[PH](C3CCCCC3)(C3CCCCC3)C3CCCCC3)c(O)c2C(=O)C2=C(O)[C@]3(O)C(=O)C(C(N)=O)=C(O)[C@@H](N(C)C)[C@@H]3[C@@H](O)[C@@H]21. The second kappa shape index (κ2) is 21.3. The Kier molecular flexibility index (Phi) is 16.3. The van der Waals surface area contributed by atoms with E-state index in [0.717, 1.165) is 36.2 Å². The Bertz CT molecular complexity index is 1930. The van der Waals surface area contributed by atoms with Crippen molar-refractivity contribution in [2.24, 2.45) is 17.6 Å². The number of hydrogen-bond acceptors (Lipinski definition) is 10. The van der Waals surface area contributed by atoms with Crippen molar-refractivity contribution < 1.29 is 44.7 Å². The monoisotopic (exact) mass is 922 g/mol. The van der Waals surface area contributed by atoms with Crippen molar-refractivity contribution in [3.63, 3.8) is 0 Å². The number of aliphatic hydroxyl groups excluding tert-OH is 3. The zero-order valence-corrected chi connectivity index (χ0v) is 40.6. The van der Waals surface area contributed by atoms with Crippen LogP contribution in [0, 0.1) is 11.8 Å². The number of fused-ring (bicyclic) bond motifs is 3. The van der Waals surface area contributed by atoms with E-state index in [1.165, 1.54) is 115 Å². The van der Waals surface area contributed by atoms with Crippen LogP contribution in [0.15, 0.2) is 34.8 Å². The molecule has 7 rings (SSSR count). The number of nitrogens with one attached hydrogen (secondary N) is 1. The molecule has 2 amide bonds. The Balaban J connectivity index is 0.896. The van der Waals surface area contributed by atoms with Gasteiger partial charge in [0.25, 0.3) is 5.91 Å². The van der Waals surface area contributed by atoms with Gasteiger partial charge in [-0.1, -0.05) is 13.0 Å². The summed E-state index contributed by atoms with van der Waals surface area (Å²) in [6.45, 7) is 1.67. The number of ketones is 2. The van der Waals surface area contributed by atoms with Gasteiger partial charge in [-0.2, -0.15) is 0 Å². The minimum absolute atomic E-state index is 0.00204. The van der Waals surface area contributed by atoms with Gasteiger partial charge >= 0.3 is 197 Å². The predicted octanol–water partition coefficient (Wildman–Crippen LogP) is 9.24. The molecule has 13 heteroatoms. The van der Waals surface area contributed by atoms with Crippen LogP contribution in [0.3, 0.4) is 0 Å². The molecule has 65 heavy (non-hydrogen) atoms. The van der Waals surface area contributed by atoms with E-state index in [0.29, 0.717) is 12.0 Å². The molecular formula is C52H80N3O9P. The van der Waals surface area contributed by atoms with Crippen molar-refractivity contribution in [3.8, 4) is 5.75 Å². The number of nitrogens with two attached hydrogens (primary N) is 1. The normalized spacial score (nSPS) is 28.6. The number of primary amides is 1. The molecule has 1 aromatic rings. The van der Waals surface area contributed by atoms with Crippen molar-refractivity contribution >= 4 is 36.3 Å². The number of nitrogens with zero attached hydrogens (tertiary/aromatic N) is 1. The van der Waals surface area contributed by atoms with E-state index >= 15 is 0 Å². The second-order valence-corrected chi connectivity index (χ2v) is 26.5. The molecular weight excluding hydrogens is 842 g/mol. The fraction of sp³-hybridized carbons (Fsp3) is 0.731. The standard InChI is InChI=1S/C52H80N3O9P/c1-32-36-29-30-37(45(57)40(36)46(58)41-39(32)47(59)43-44(55(2)3)48(60)42(51(53)63)50(62)52(43,64)49(41)61)54-38(56)28-20-9-7-5-4-6-8-10-21-31-65(33-22-14-11-15-23-33,34-24-16-12-17-25-34)35-26-18-13-19-27-35/h29-30,32-35,39,43-44,47,57,59-61,64-65H,4-28,31H2,1-3H3,(H2,53,63)(H,54,56)/t32-,39+,43+,44-,47-,52-/m0/s1. The van der Waals surface area contributed by atoms with Crippen LogP contribution in [0.2, 0.25) is 0 Å². The maximum absolute atomic E-state index is 14.2. The maximum atomic E-state index is 14.2. The van der Waals surface area contributed by atoms with Gasteiger partial charge in [0.2, 0.25) is 5.78 Å². The van der Waals surface area contributed by atoms with Crippen molar-refractivity contribution in [3.05, 3.63) is 45.9 Å². The van der Waals surface area contributed by atoms with E-state index in [1.54, 1.807) is 57.7 Å².